The number of benzene rings is 2. The molecule has 0 aliphatic rings. The maximum absolute atomic E-state index is 14.2. The summed E-state index contributed by atoms with van der Waals surface area (Å²) >= 11 is 0. The van der Waals surface area contributed by atoms with Crippen molar-refractivity contribution in [2.75, 3.05) is 14.2 Å². The fourth-order valence-corrected chi connectivity index (χ4v) is 2.60. The molecule has 0 saturated carbocycles. The van der Waals surface area contributed by atoms with Crippen LogP contribution in [-0.2, 0) is 27.3 Å². The molecule has 2 aromatic rings. The summed E-state index contributed by atoms with van der Waals surface area (Å²) < 4.78 is 29.7. The molecule has 0 fully saturated rings. The molecule has 27 heavy (non-hydrogen) atoms. The number of methoxy groups -OCH3 is 2. The molecule has 0 bridgehead atoms. The van der Waals surface area contributed by atoms with E-state index in [0.717, 1.165) is 5.56 Å². The van der Waals surface area contributed by atoms with Gasteiger partial charge >= 0.3 is 5.97 Å². The Hall–Kier alpha value is -3.08. The molecule has 0 radical (unpaired) electrons. The van der Waals surface area contributed by atoms with E-state index in [0.29, 0.717) is 29.7 Å². The van der Waals surface area contributed by atoms with Gasteiger partial charge in [0, 0.05) is 6.07 Å². The lowest BCUT2D eigenvalue weighted by atomic mass is 10.0. The number of halogens is 1. The van der Waals surface area contributed by atoms with Gasteiger partial charge in [0.05, 0.1) is 20.5 Å². The summed E-state index contributed by atoms with van der Waals surface area (Å²) in [5.41, 5.74) is 2.29. The van der Waals surface area contributed by atoms with E-state index in [2.05, 4.69) is 6.58 Å². The lowest BCUT2D eigenvalue weighted by Gasteiger charge is -2.13. The average Bonchev–Trinajstić information content (AvgIpc) is 2.69. The van der Waals surface area contributed by atoms with Gasteiger partial charge in [0.2, 0.25) is 0 Å². The highest BCUT2D eigenvalue weighted by Gasteiger charge is 2.17. The van der Waals surface area contributed by atoms with Crippen LogP contribution < -0.4 is 4.74 Å². The van der Waals surface area contributed by atoms with Crippen LogP contribution in [-0.4, -0.2) is 20.2 Å². The molecule has 0 aliphatic carbocycles. The predicted molar refractivity (Wildman–Crippen MR) is 103 cm³/mol. The molecule has 4 nitrogen and oxygen atoms in total. The first-order valence-electron chi connectivity index (χ1n) is 8.52. The number of esters is 1. The van der Waals surface area contributed by atoms with Crippen molar-refractivity contribution in [1.82, 2.24) is 0 Å². The average molecular weight is 370 g/mol. The van der Waals surface area contributed by atoms with Crippen molar-refractivity contribution >= 4 is 11.5 Å². The zero-order chi connectivity index (χ0) is 19.6. The maximum atomic E-state index is 14.2. The number of hydrogen-bond donors (Lipinski definition) is 0. The van der Waals surface area contributed by atoms with Crippen molar-refractivity contribution in [3.8, 4) is 5.75 Å². The van der Waals surface area contributed by atoms with Crippen LogP contribution in [0.3, 0.4) is 0 Å². The first-order valence-corrected chi connectivity index (χ1v) is 8.52. The molecule has 0 N–H and O–H groups in total. The van der Waals surface area contributed by atoms with E-state index in [4.69, 9.17) is 14.2 Å². The number of carbonyl (C=O) groups excluding carboxylic acids is 1. The minimum Gasteiger partial charge on any atom is -0.503 e. The van der Waals surface area contributed by atoms with Gasteiger partial charge in [-0.2, -0.15) is 0 Å². The zero-order valence-corrected chi connectivity index (χ0v) is 15.5. The van der Waals surface area contributed by atoms with Crippen LogP contribution in [0.15, 0.2) is 61.4 Å². The van der Waals surface area contributed by atoms with Crippen molar-refractivity contribution in [2.45, 2.75) is 19.4 Å². The van der Waals surface area contributed by atoms with E-state index in [9.17, 15) is 9.18 Å². The Morgan fingerprint density at radius 3 is 2.59 bits per heavy atom. The molecule has 0 aliphatic heterocycles. The second-order valence-electron chi connectivity index (χ2n) is 5.79. The minimum absolute atomic E-state index is 0.166. The smallest absolute Gasteiger partial charge is 0.341 e. The van der Waals surface area contributed by atoms with Gasteiger partial charge < -0.3 is 14.2 Å². The van der Waals surface area contributed by atoms with E-state index in [-0.39, 0.29) is 18.0 Å². The number of rotatable bonds is 9. The fraction of sp³-hybridized carbons (Fsp3) is 0.227. The Labute approximate surface area is 158 Å². The van der Waals surface area contributed by atoms with Crippen LogP contribution in [0, 0.1) is 5.82 Å². The van der Waals surface area contributed by atoms with Crippen molar-refractivity contribution in [2.24, 2.45) is 0 Å². The summed E-state index contributed by atoms with van der Waals surface area (Å²) in [6, 6.07) is 12.1. The first kappa shape index (κ1) is 20.2. The zero-order valence-electron chi connectivity index (χ0n) is 15.5. The predicted octanol–water partition coefficient (Wildman–Crippen LogP) is 4.68. The topological polar surface area (TPSA) is 44.8 Å². The van der Waals surface area contributed by atoms with Crippen molar-refractivity contribution in [1.29, 1.82) is 0 Å². The molecule has 5 heteroatoms. The van der Waals surface area contributed by atoms with Crippen LogP contribution >= 0.6 is 0 Å². The second-order valence-corrected chi connectivity index (χ2v) is 5.79. The van der Waals surface area contributed by atoms with Gasteiger partial charge in [0.1, 0.15) is 23.7 Å². The van der Waals surface area contributed by atoms with Crippen LogP contribution in [0.25, 0.3) is 5.57 Å². The standard InChI is InChI=1S/C22H23FO4/c1-4-5-8-16-11-12-18(13-21(16)23)27-14-17-9-6-7-10-19(17)20(15-25-2)22(24)26-3/h4,6-7,9-13,15H,1,5,8,14H2,2-3H3/b20-15+. The monoisotopic (exact) mass is 370 g/mol. The van der Waals surface area contributed by atoms with E-state index < -0.39 is 5.97 Å². The lowest BCUT2D eigenvalue weighted by molar-refractivity contribution is -0.133. The molecule has 2 rings (SSSR count). The van der Waals surface area contributed by atoms with Gasteiger partial charge in [0.15, 0.2) is 0 Å². The summed E-state index contributed by atoms with van der Waals surface area (Å²) in [5.74, 6) is -0.404. The molecular formula is C22H23FO4. The Morgan fingerprint density at radius 1 is 1.15 bits per heavy atom. The highest BCUT2D eigenvalue weighted by molar-refractivity contribution is 6.16. The molecule has 0 heterocycles. The first-order chi connectivity index (χ1) is 13.1. The highest BCUT2D eigenvalue weighted by atomic mass is 19.1. The van der Waals surface area contributed by atoms with Gasteiger partial charge in [-0.25, -0.2) is 9.18 Å². The number of hydrogen-bond acceptors (Lipinski definition) is 4. The Balaban J connectivity index is 2.19. The lowest BCUT2D eigenvalue weighted by Crippen LogP contribution is -2.08. The number of ether oxygens (including phenoxy) is 3. The molecule has 0 unspecified atom stereocenters. The third kappa shape index (κ3) is 5.45. The van der Waals surface area contributed by atoms with Gasteiger partial charge in [0.25, 0.3) is 0 Å². The van der Waals surface area contributed by atoms with Crippen LogP contribution in [0.2, 0.25) is 0 Å². The molecule has 0 saturated heterocycles. The van der Waals surface area contributed by atoms with Crippen molar-refractivity contribution in [3.63, 3.8) is 0 Å². The molecule has 142 valence electrons. The number of carbonyl (C=O) groups is 1. The molecule has 0 aromatic heterocycles. The summed E-state index contributed by atoms with van der Waals surface area (Å²) in [7, 11) is 2.76. The van der Waals surface area contributed by atoms with Crippen molar-refractivity contribution in [3.05, 3.63) is 83.9 Å². The van der Waals surface area contributed by atoms with Gasteiger partial charge in [-0.15, -0.1) is 6.58 Å². The fourth-order valence-electron chi connectivity index (χ4n) is 2.60. The Kier molecular flexibility index (Phi) is 7.62. The molecule has 0 atom stereocenters. The van der Waals surface area contributed by atoms with Gasteiger partial charge in [-0.3, -0.25) is 0 Å². The molecular weight excluding hydrogens is 347 g/mol. The summed E-state index contributed by atoms with van der Waals surface area (Å²) in [6.45, 7) is 3.81. The normalized spacial score (nSPS) is 11.0. The quantitative estimate of drug-likeness (QED) is 0.278. The van der Waals surface area contributed by atoms with E-state index >= 15 is 0 Å². The van der Waals surface area contributed by atoms with Crippen LogP contribution in [0.5, 0.6) is 5.75 Å². The summed E-state index contributed by atoms with van der Waals surface area (Å²) in [4.78, 5) is 12.0. The van der Waals surface area contributed by atoms with Crippen LogP contribution in [0.1, 0.15) is 23.1 Å². The molecule has 0 amide bonds. The third-order valence-corrected chi connectivity index (χ3v) is 3.99. The van der Waals surface area contributed by atoms with Crippen LogP contribution in [0.4, 0.5) is 4.39 Å². The largest absolute Gasteiger partial charge is 0.503 e. The SMILES string of the molecule is C=CCCc1ccc(OCc2ccccc2/C(=C\OC)C(=O)OC)cc1F. The number of aryl methyl sites for hydroxylation is 1. The second kappa shape index (κ2) is 10.2. The Morgan fingerprint density at radius 2 is 1.93 bits per heavy atom. The maximum Gasteiger partial charge on any atom is 0.341 e. The third-order valence-electron chi connectivity index (χ3n) is 3.99. The van der Waals surface area contributed by atoms with E-state index in [1.54, 1.807) is 30.3 Å². The Bertz CT molecular complexity index is 827. The highest BCUT2D eigenvalue weighted by Crippen LogP contribution is 2.24. The minimum atomic E-state index is -0.512. The van der Waals surface area contributed by atoms with Crippen molar-refractivity contribution < 1.29 is 23.4 Å². The molecule has 0 spiro atoms. The molecule has 2 aromatic carbocycles. The van der Waals surface area contributed by atoms with Gasteiger partial charge in [-0.1, -0.05) is 36.4 Å². The number of allylic oxidation sites excluding steroid dienone is 1. The van der Waals surface area contributed by atoms with Gasteiger partial charge in [-0.05, 0) is 35.6 Å². The summed E-state index contributed by atoms with van der Waals surface area (Å²) in [6.07, 6.45) is 4.40. The van der Waals surface area contributed by atoms with E-state index in [1.807, 2.05) is 12.1 Å². The summed E-state index contributed by atoms with van der Waals surface area (Å²) in [5, 5.41) is 0. The van der Waals surface area contributed by atoms with E-state index in [1.165, 1.54) is 26.5 Å².